The second-order valence-corrected chi connectivity index (χ2v) is 4.14. The lowest BCUT2D eigenvalue weighted by Gasteiger charge is -2.06. The number of halogens is 1. The Morgan fingerprint density at radius 1 is 1.06 bits per heavy atom. The van der Waals surface area contributed by atoms with E-state index in [9.17, 15) is 4.79 Å². The highest BCUT2D eigenvalue weighted by molar-refractivity contribution is 6.30. The molecule has 0 fully saturated rings. The molecule has 0 aliphatic carbocycles. The molecule has 2 aromatic carbocycles. The van der Waals surface area contributed by atoms with Crippen LogP contribution in [0.2, 0.25) is 5.02 Å². The summed E-state index contributed by atoms with van der Waals surface area (Å²) < 4.78 is 0. The maximum absolute atomic E-state index is 10.7. The van der Waals surface area contributed by atoms with Gasteiger partial charge in [-0.05, 0) is 41.8 Å². The number of hydrogen-bond donors (Lipinski definition) is 0. The minimum absolute atomic E-state index is 0.690. The maximum atomic E-state index is 10.7. The fraction of sp³-hybridized carbons (Fsp3) is 0.0714. The summed E-state index contributed by atoms with van der Waals surface area (Å²) in [5.41, 5.74) is 3.98. The van der Waals surface area contributed by atoms with E-state index < -0.39 is 0 Å². The van der Waals surface area contributed by atoms with E-state index in [2.05, 4.69) is 0 Å². The van der Waals surface area contributed by atoms with Crippen LogP contribution in [0.25, 0.3) is 11.1 Å². The van der Waals surface area contributed by atoms with Crippen LogP contribution >= 0.6 is 11.6 Å². The zero-order valence-corrected chi connectivity index (χ0v) is 9.66. The number of carbonyl (C=O) groups is 1. The Morgan fingerprint density at radius 2 is 1.75 bits per heavy atom. The van der Waals surface area contributed by atoms with Crippen LogP contribution in [0.1, 0.15) is 15.9 Å². The number of aryl methyl sites for hydroxylation is 1. The van der Waals surface area contributed by atoms with Gasteiger partial charge in [0.15, 0.2) is 0 Å². The normalized spacial score (nSPS) is 10.1. The third kappa shape index (κ3) is 2.15. The van der Waals surface area contributed by atoms with Crippen molar-refractivity contribution in [2.75, 3.05) is 0 Å². The van der Waals surface area contributed by atoms with Gasteiger partial charge in [-0.25, -0.2) is 0 Å². The monoisotopic (exact) mass is 230 g/mol. The molecule has 0 saturated carbocycles. The number of rotatable bonds is 2. The summed E-state index contributed by atoms with van der Waals surface area (Å²) in [6, 6.07) is 13.3. The Kier molecular flexibility index (Phi) is 3.07. The molecule has 0 bridgehead atoms. The van der Waals surface area contributed by atoms with E-state index in [-0.39, 0.29) is 0 Å². The Balaban J connectivity index is 2.54. The summed E-state index contributed by atoms with van der Waals surface area (Å²) in [6.45, 7) is 2.03. The van der Waals surface area contributed by atoms with E-state index >= 15 is 0 Å². The highest BCUT2D eigenvalue weighted by atomic mass is 35.5. The van der Waals surface area contributed by atoms with Gasteiger partial charge in [-0.2, -0.15) is 0 Å². The quantitative estimate of drug-likeness (QED) is 0.709. The smallest absolute Gasteiger partial charge is 0.150 e. The van der Waals surface area contributed by atoms with Gasteiger partial charge in [0.1, 0.15) is 6.29 Å². The molecule has 0 heterocycles. The van der Waals surface area contributed by atoms with Crippen LogP contribution < -0.4 is 0 Å². The van der Waals surface area contributed by atoms with Crippen LogP contribution in [-0.4, -0.2) is 6.29 Å². The number of aldehydes is 1. The maximum Gasteiger partial charge on any atom is 0.150 e. The van der Waals surface area contributed by atoms with Crippen molar-refractivity contribution in [2.24, 2.45) is 0 Å². The molecule has 80 valence electrons. The standard InChI is InChI=1S/C14H11ClO/c1-10-2-3-11(9-16)8-14(10)12-4-6-13(15)7-5-12/h2-9H,1H3. The van der Waals surface area contributed by atoms with E-state index in [0.29, 0.717) is 10.6 Å². The van der Waals surface area contributed by atoms with Gasteiger partial charge in [0.2, 0.25) is 0 Å². The molecule has 2 rings (SSSR count). The van der Waals surface area contributed by atoms with Crippen LogP contribution in [0, 0.1) is 6.92 Å². The molecular weight excluding hydrogens is 220 g/mol. The van der Waals surface area contributed by atoms with Gasteiger partial charge in [-0.15, -0.1) is 0 Å². The van der Waals surface area contributed by atoms with Crippen molar-refractivity contribution in [3.63, 3.8) is 0 Å². The summed E-state index contributed by atoms with van der Waals surface area (Å²) in [7, 11) is 0. The van der Waals surface area contributed by atoms with Crippen LogP contribution in [0.3, 0.4) is 0 Å². The lowest BCUT2D eigenvalue weighted by Crippen LogP contribution is -1.86. The Bertz CT molecular complexity index is 515. The third-order valence-corrected chi connectivity index (χ3v) is 2.80. The van der Waals surface area contributed by atoms with Crippen molar-refractivity contribution in [1.82, 2.24) is 0 Å². The predicted molar refractivity (Wildman–Crippen MR) is 67.0 cm³/mol. The summed E-state index contributed by atoms with van der Waals surface area (Å²) in [6.07, 6.45) is 0.860. The predicted octanol–water partition coefficient (Wildman–Crippen LogP) is 4.13. The molecule has 2 aromatic rings. The molecule has 0 amide bonds. The van der Waals surface area contributed by atoms with Gasteiger partial charge >= 0.3 is 0 Å². The Morgan fingerprint density at radius 3 is 2.38 bits per heavy atom. The van der Waals surface area contributed by atoms with Crippen LogP contribution in [-0.2, 0) is 0 Å². The molecule has 0 unspecified atom stereocenters. The number of benzene rings is 2. The fourth-order valence-electron chi connectivity index (χ4n) is 1.65. The Hall–Kier alpha value is -1.60. The van der Waals surface area contributed by atoms with Crippen molar-refractivity contribution in [3.8, 4) is 11.1 Å². The van der Waals surface area contributed by atoms with Gasteiger partial charge in [0.05, 0.1) is 0 Å². The van der Waals surface area contributed by atoms with Crippen molar-refractivity contribution in [1.29, 1.82) is 0 Å². The zero-order valence-electron chi connectivity index (χ0n) is 8.91. The molecule has 2 heteroatoms. The highest BCUT2D eigenvalue weighted by Gasteiger charge is 2.03. The van der Waals surface area contributed by atoms with Gasteiger partial charge < -0.3 is 0 Å². The van der Waals surface area contributed by atoms with E-state index in [4.69, 9.17) is 11.6 Å². The van der Waals surface area contributed by atoms with E-state index in [1.54, 1.807) is 0 Å². The molecule has 0 spiro atoms. The average molecular weight is 231 g/mol. The van der Waals surface area contributed by atoms with Gasteiger partial charge in [-0.3, -0.25) is 4.79 Å². The molecule has 0 saturated heterocycles. The van der Waals surface area contributed by atoms with Gasteiger partial charge in [-0.1, -0.05) is 35.9 Å². The van der Waals surface area contributed by atoms with E-state index in [0.717, 1.165) is 23.0 Å². The Labute approximate surface area is 99.7 Å². The molecule has 0 aliphatic rings. The van der Waals surface area contributed by atoms with Crippen molar-refractivity contribution in [2.45, 2.75) is 6.92 Å². The van der Waals surface area contributed by atoms with E-state index in [1.807, 2.05) is 49.4 Å². The number of hydrogen-bond acceptors (Lipinski definition) is 1. The molecular formula is C14H11ClO. The number of carbonyl (C=O) groups excluding carboxylic acids is 1. The SMILES string of the molecule is Cc1ccc(C=O)cc1-c1ccc(Cl)cc1. The lowest BCUT2D eigenvalue weighted by molar-refractivity contribution is 0.112. The van der Waals surface area contributed by atoms with E-state index in [1.165, 1.54) is 0 Å². The van der Waals surface area contributed by atoms with Crippen molar-refractivity contribution >= 4 is 17.9 Å². The first-order chi connectivity index (χ1) is 7.70. The minimum Gasteiger partial charge on any atom is -0.298 e. The van der Waals surface area contributed by atoms with Crippen LogP contribution in [0.4, 0.5) is 0 Å². The van der Waals surface area contributed by atoms with Crippen molar-refractivity contribution < 1.29 is 4.79 Å². The first-order valence-corrected chi connectivity index (χ1v) is 5.40. The van der Waals surface area contributed by atoms with Gasteiger partial charge in [0, 0.05) is 10.6 Å². The molecule has 0 aromatic heterocycles. The summed E-state index contributed by atoms with van der Waals surface area (Å²) in [4.78, 5) is 10.7. The second-order valence-electron chi connectivity index (χ2n) is 3.70. The molecule has 0 radical (unpaired) electrons. The summed E-state index contributed by atoms with van der Waals surface area (Å²) in [5.74, 6) is 0. The molecule has 0 aliphatic heterocycles. The second kappa shape index (κ2) is 4.50. The zero-order chi connectivity index (χ0) is 11.5. The summed E-state index contributed by atoms with van der Waals surface area (Å²) >= 11 is 5.84. The largest absolute Gasteiger partial charge is 0.298 e. The fourth-order valence-corrected chi connectivity index (χ4v) is 1.78. The van der Waals surface area contributed by atoms with Crippen LogP contribution in [0.5, 0.6) is 0 Å². The molecule has 0 atom stereocenters. The summed E-state index contributed by atoms with van der Waals surface area (Å²) in [5, 5.41) is 0.716. The van der Waals surface area contributed by atoms with Crippen LogP contribution in [0.15, 0.2) is 42.5 Å². The molecule has 1 nitrogen and oxygen atoms in total. The topological polar surface area (TPSA) is 17.1 Å². The first-order valence-electron chi connectivity index (χ1n) is 5.02. The molecule has 16 heavy (non-hydrogen) atoms. The minimum atomic E-state index is 0.690. The highest BCUT2D eigenvalue weighted by Crippen LogP contribution is 2.25. The third-order valence-electron chi connectivity index (χ3n) is 2.55. The van der Waals surface area contributed by atoms with Gasteiger partial charge in [0.25, 0.3) is 0 Å². The van der Waals surface area contributed by atoms with Crippen molar-refractivity contribution in [3.05, 3.63) is 58.6 Å². The average Bonchev–Trinajstić information content (AvgIpc) is 2.31. The first kappa shape index (κ1) is 10.9. The molecule has 0 N–H and O–H groups in total. The lowest BCUT2D eigenvalue weighted by atomic mass is 9.98.